The molecule has 1 N–H and O–H groups in total. The third-order valence-electron chi connectivity index (χ3n) is 4.01. The Hall–Kier alpha value is -0.590. The van der Waals surface area contributed by atoms with Crippen LogP contribution in [0.2, 0.25) is 0 Å². The Morgan fingerprint density at radius 2 is 2.31 bits per heavy atom. The predicted molar refractivity (Wildman–Crippen MR) is 65.0 cm³/mol. The number of hydrogen-bond acceptors (Lipinski definition) is 3. The summed E-state index contributed by atoms with van der Waals surface area (Å²) < 4.78 is 0. The summed E-state index contributed by atoms with van der Waals surface area (Å²) in [5.74, 6) is 0.864. The first-order chi connectivity index (χ1) is 7.74. The molecule has 0 amide bonds. The first-order valence-corrected chi connectivity index (χ1v) is 6.55. The third-order valence-corrected chi connectivity index (χ3v) is 4.01. The Kier molecular flexibility index (Phi) is 3.83. The van der Waals surface area contributed by atoms with Gasteiger partial charge in [-0.1, -0.05) is 0 Å². The van der Waals surface area contributed by atoms with Gasteiger partial charge in [0, 0.05) is 13.1 Å². The van der Waals surface area contributed by atoms with Crippen molar-refractivity contribution < 1.29 is 0 Å². The molecular weight excluding hydrogens is 198 g/mol. The molecule has 1 atom stereocenters. The second-order valence-corrected chi connectivity index (χ2v) is 5.63. The molecule has 1 unspecified atom stereocenters. The van der Waals surface area contributed by atoms with Gasteiger partial charge in [0.05, 0.1) is 11.5 Å². The van der Waals surface area contributed by atoms with Crippen molar-refractivity contribution in [1.82, 2.24) is 10.2 Å². The van der Waals surface area contributed by atoms with Crippen molar-refractivity contribution in [2.24, 2.45) is 11.3 Å². The number of nitrogens with zero attached hydrogens (tertiary/aromatic N) is 2. The molecule has 0 aromatic rings. The monoisotopic (exact) mass is 221 g/mol. The average molecular weight is 221 g/mol. The molecule has 0 spiro atoms. The molecule has 1 aliphatic carbocycles. The minimum atomic E-state index is 0.0172. The van der Waals surface area contributed by atoms with Gasteiger partial charge in [-0.25, -0.2) is 0 Å². The molecule has 0 aromatic heterocycles. The highest BCUT2D eigenvalue weighted by Gasteiger charge is 2.42. The number of nitriles is 1. The molecule has 2 rings (SSSR count). The third kappa shape index (κ3) is 3.20. The minimum Gasteiger partial charge on any atom is -0.315 e. The lowest BCUT2D eigenvalue weighted by molar-refractivity contribution is 0.201. The van der Waals surface area contributed by atoms with Crippen LogP contribution < -0.4 is 5.32 Å². The molecule has 2 fully saturated rings. The van der Waals surface area contributed by atoms with Crippen LogP contribution in [0.5, 0.6) is 0 Å². The van der Waals surface area contributed by atoms with Crippen LogP contribution in [0.3, 0.4) is 0 Å². The van der Waals surface area contributed by atoms with Crippen LogP contribution in [0.15, 0.2) is 0 Å². The molecule has 1 saturated carbocycles. The maximum atomic E-state index is 8.94. The van der Waals surface area contributed by atoms with Gasteiger partial charge < -0.3 is 10.2 Å². The number of nitrogens with one attached hydrogen (secondary N) is 1. The van der Waals surface area contributed by atoms with E-state index in [1.165, 1.54) is 32.4 Å². The van der Waals surface area contributed by atoms with Crippen LogP contribution in [0.1, 0.15) is 32.1 Å². The van der Waals surface area contributed by atoms with Crippen molar-refractivity contribution in [2.45, 2.75) is 32.1 Å². The first kappa shape index (κ1) is 11.9. The van der Waals surface area contributed by atoms with E-state index >= 15 is 0 Å². The van der Waals surface area contributed by atoms with Crippen molar-refractivity contribution >= 4 is 0 Å². The summed E-state index contributed by atoms with van der Waals surface area (Å²) in [4.78, 5) is 2.44. The van der Waals surface area contributed by atoms with Gasteiger partial charge in [-0.3, -0.25) is 0 Å². The summed E-state index contributed by atoms with van der Waals surface area (Å²) in [6.07, 6.45) is 6.20. The van der Waals surface area contributed by atoms with E-state index in [0.717, 1.165) is 31.8 Å². The average Bonchev–Trinajstić information content (AvgIpc) is 3.05. The number of likely N-dealkylation sites (tertiary alicyclic amines) is 1. The first-order valence-electron chi connectivity index (χ1n) is 6.55. The van der Waals surface area contributed by atoms with Gasteiger partial charge >= 0.3 is 0 Å². The normalized spacial score (nSPS) is 28.6. The van der Waals surface area contributed by atoms with Gasteiger partial charge in [0.1, 0.15) is 0 Å². The smallest absolute Gasteiger partial charge is 0.0703 e. The zero-order valence-electron chi connectivity index (χ0n) is 10.3. The fraction of sp³-hybridized carbons (Fsp3) is 0.923. The van der Waals surface area contributed by atoms with E-state index < -0.39 is 0 Å². The van der Waals surface area contributed by atoms with E-state index in [9.17, 15) is 0 Å². The van der Waals surface area contributed by atoms with Gasteiger partial charge in [0.15, 0.2) is 0 Å². The predicted octanol–water partition coefficient (Wildman–Crippen LogP) is 1.61. The van der Waals surface area contributed by atoms with Crippen molar-refractivity contribution in [3.05, 3.63) is 0 Å². The SMILES string of the molecule is CN1CCCC(CCNCC2(C#N)CC2)C1. The molecule has 1 heterocycles. The highest BCUT2D eigenvalue weighted by atomic mass is 15.1. The fourth-order valence-electron chi connectivity index (χ4n) is 2.62. The van der Waals surface area contributed by atoms with Gasteiger partial charge in [0.2, 0.25) is 0 Å². The zero-order chi connectivity index (χ0) is 11.4. The molecule has 2 aliphatic rings. The second kappa shape index (κ2) is 5.16. The quantitative estimate of drug-likeness (QED) is 0.717. The number of rotatable bonds is 5. The van der Waals surface area contributed by atoms with E-state index in [2.05, 4.69) is 23.3 Å². The van der Waals surface area contributed by atoms with Crippen LogP contribution in [0, 0.1) is 22.7 Å². The Labute approximate surface area is 98.8 Å². The van der Waals surface area contributed by atoms with Crippen LogP contribution in [-0.4, -0.2) is 38.1 Å². The fourth-order valence-corrected chi connectivity index (χ4v) is 2.62. The van der Waals surface area contributed by atoms with Crippen molar-refractivity contribution in [2.75, 3.05) is 33.2 Å². The molecule has 1 aliphatic heterocycles. The van der Waals surface area contributed by atoms with E-state index in [1.807, 2.05) is 0 Å². The van der Waals surface area contributed by atoms with E-state index in [1.54, 1.807) is 0 Å². The van der Waals surface area contributed by atoms with Gasteiger partial charge in [-0.2, -0.15) is 5.26 Å². The van der Waals surface area contributed by atoms with Gasteiger partial charge in [-0.05, 0) is 58.2 Å². The molecule has 3 heteroatoms. The Morgan fingerprint density at radius 1 is 1.50 bits per heavy atom. The highest BCUT2D eigenvalue weighted by molar-refractivity contribution is 5.10. The summed E-state index contributed by atoms with van der Waals surface area (Å²) in [5.41, 5.74) is 0.0172. The standard InChI is InChI=1S/C13H23N3/c1-16-8-2-3-12(9-16)4-7-15-11-13(10-14)5-6-13/h12,15H,2-9,11H2,1H3. The molecule has 16 heavy (non-hydrogen) atoms. The molecule has 0 aromatic carbocycles. The Bertz CT molecular complexity index is 265. The van der Waals surface area contributed by atoms with E-state index in [0.29, 0.717) is 0 Å². The lowest BCUT2D eigenvalue weighted by Gasteiger charge is -2.29. The summed E-state index contributed by atoms with van der Waals surface area (Å²) in [5, 5.41) is 12.4. The van der Waals surface area contributed by atoms with Crippen LogP contribution in [-0.2, 0) is 0 Å². The summed E-state index contributed by atoms with van der Waals surface area (Å²) in [6.45, 7) is 4.51. The Balaban J connectivity index is 1.56. The summed E-state index contributed by atoms with van der Waals surface area (Å²) in [7, 11) is 2.22. The maximum absolute atomic E-state index is 8.94. The minimum absolute atomic E-state index is 0.0172. The Morgan fingerprint density at radius 3 is 2.94 bits per heavy atom. The highest BCUT2D eigenvalue weighted by Crippen LogP contribution is 2.43. The largest absolute Gasteiger partial charge is 0.315 e. The lowest BCUT2D eigenvalue weighted by Crippen LogP contribution is -2.34. The van der Waals surface area contributed by atoms with E-state index in [-0.39, 0.29) is 5.41 Å². The van der Waals surface area contributed by atoms with E-state index in [4.69, 9.17) is 5.26 Å². The molecule has 1 saturated heterocycles. The molecule has 0 bridgehead atoms. The van der Waals surface area contributed by atoms with Gasteiger partial charge in [-0.15, -0.1) is 0 Å². The van der Waals surface area contributed by atoms with Crippen molar-refractivity contribution in [3.8, 4) is 6.07 Å². The number of piperidine rings is 1. The molecule has 90 valence electrons. The summed E-state index contributed by atoms with van der Waals surface area (Å²) >= 11 is 0. The molecular formula is C13H23N3. The zero-order valence-corrected chi connectivity index (χ0v) is 10.3. The molecule has 0 radical (unpaired) electrons. The van der Waals surface area contributed by atoms with Crippen LogP contribution >= 0.6 is 0 Å². The van der Waals surface area contributed by atoms with Crippen LogP contribution in [0.4, 0.5) is 0 Å². The van der Waals surface area contributed by atoms with Crippen molar-refractivity contribution in [1.29, 1.82) is 5.26 Å². The van der Waals surface area contributed by atoms with Crippen molar-refractivity contribution in [3.63, 3.8) is 0 Å². The maximum Gasteiger partial charge on any atom is 0.0703 e. The topological polar surface area (TPSA) is 39.1 Å². The van der Waals surface area contributed by atoms with Crippen LogP contribution in [0.25, 0.3) is 0 Å². The number of hydrogen-bond donors (Lipinski definition) is 1. The second-order valence-electron chi connectivity index (χ2n) is 5.63. The lowest BCUT2D eigenvalue weighted by atomic mass is 9.95. The summed E-state index contributed by atoms with van der Waals surface area (Å²) in [6, 6.07) is 2.43. The molecule has 3 nitrogen and oxygen atoms in total. The van der Waals surface area contributed by atoms with Gasteiger partial charge in [0.25, 0.3) is 0 Å².